The molecule has 1 aromatic heterocycles. The zero-order valence-corrected chi connectivity index (χ0v) is 12.6. The summed E-state index contributed by atoms with van der Waals surface area (Å²) in [5.41, 5.74) is -0.268. The lowest BCUT2D eigenvalue weighted by atomic mass is 10.2. The highest BCUT2D eigenvalue weighted by Gasteiger charge is 2.33. The first-order valence-electron chi connectivity index (χ1n) is 6.68. The number of benzene rings is 1. The number of nitrogens with one attached hydrogen (secondary N) is 2. The third-order valence-electron chi connectivity index (χ3n) is 2.77. The van der Waals surface area contributed by atoms with E-state index in [1.165, 1.54) is 0 Å². The molecule has 0 aliphatic heterocycles. The van der Waals surface area contributed by atoms with Gasteiger partial charge in [0.05, 0.1) is 6.61 Å². The summed E-state index contributed by atoms with van der Waals surface area (Å²) >= 11 is 5.86. The Hall–Kier alpha value is -2.06. The second kappa shape index (κ2) is 7.47. The van der Waals surface area contributed by atoms with E-state index in [1.807, 2.05) is 0 Å². The molecule has 0 spiro atoms. The van der Waals surface area contributed by atoms with Crippen LogP contribution in [0.2, 0.25) is 5.02 Å². The number of hydrogen-bond acceptors (Lipinski definition) is 5. The summed E-state index contributed by atoms with van der Waals surface area (Å²) in [6.07, 6.45) is -4.59. The third-order valence-corrected chi connectivity index (χ3v) is 3.01. The van der Waals surface area contributed by atoms with Crippen LogP contribution in [0.15, 0.2) is 30.3 Å². The predicted molar refractivity (Wildman–Crippen MR) is 81.4 cm³/mol. The van der Waals surface area contributed by atoms with Gasteiger partial charge in [0.1, 0.15) is 5.82 Å². The molecule has 0 atom stereocenters. The van der Waals surface area contributed by atoms with Crippen molar-refractivity contribution in [3.05, 3.63) is 46.6 Å². The molecule has 0 saturated carbocycles. The highest BCUT2D eigenvalue weighted by Crippen LogP contribution is 2.29. The lowest BCUT2D eigenvalue weighted by Crippen LogP contribution is -2.15. The molecule has 0 amide bonds. The fourth-order valence-electron chi connectivity index (χ4n) is 1.77. The molecule has 5 nitrogen and oxygen atoms in total. The molecule has 23 heavy (non-hydrogen) atoms. The number of alkyl halides is 3. The van der Waals surface area contributed by atoms with Gasteiger partial charge in [0.15, 0.2) is 5.69 Å². The number of anilines is 2. The van der Waals surface area contributed by atoms with Crippen LogP contribution in [-0.2, 0) is 12.7 Å². The summed E-state index contributed by atoms with van der Waals surface area (Å²) in [4.78, 5) is 7.34. The van der Waals surface area contributed by atoms with Gasteiger partial charge >= 0.3 is 6.18 Å². The van der Waals surface area contributed by atoms with Gasteiger partial charge in [0.2, 0.25) is 5.95 Å². The fraction of sp³-hybridized carbons (Fsp3) is 0.286. The van der Waals surface area contributed by atoms with E-state index in [0.717, 1.165) is 11.6 Å². The van der Waals surface area contributed by atoms with Crippen LogP contribution >= 0.6 is 11.6 Å². The summed E-state index contributed by atoms with van der Waals surface area (Å²) in [7, 11) is 0. The van der Waals surface area contributed by atoms with E-state index in [9.17, 15) is 13.2 Å². The van der Waals surface area contributed by atoms with Crippen LogP contribution in [0.4, 0.5) is 24.9 Å². The molecule has 0 bridgehead atoms. The molecular weight excluding hydrogens is 333 g/mol. The van der Waals surface area contributed by atoms with Crippen molar-refractivity contribution in [3.8, 4) is 0 Å². The quantitative estimate of drug-likeness (QED) is 0.749. The van der Waals surface area contributed by atoms with Gasteiger partial charge in [-0.1, -0.05) is 23.7 Å². The Labute approximate surface area is 135 Å². The standard InChI is InChI=1S/C14H14ClF3N4O/c15-10-3-1-2-9(6-10)8-20-12-7-11(14(16,17)18)21-13(22-12)19-4-5-23/h1-3,6-7,23H,4-5,8H2,(H2,19,20,21,22). The number of aromatic nitrogens is 2. The van der Waals surface area contributed by atoms with Crippen LogP contribution in [-0.4, -0.2) is 28.2 Å². The zero-order chi connectivity index (χ0) is 16.9. The maximum Gasteiger partial charge on any atom is 0.433 e. The van der Waals surface area contributed by atoms with E-state index in [4.69, 9.17) is 16.7 Å². The van der Waals surface area contributed by atoms with Crippen molar-refractivity contribution in [2.45, 2.75) is 12.7 Å². The van der Waals surface area contributed by atoms with E-state index in [-0.39, 0.29) is 31.5 Å². The maximum absolute atomic E-state index is 12.9. The van der Waals surface area contributed by atoms with Crippen LogP contribution < -0.4 is 10.6 Å². The summed E-state index contributed by atoms with van der Waals surface area (Å²) in [5.74, 6) is -0.185. The Morgan fingerprint density at radius 2 is 1.91 bits per heavy atom. The molecular formula is C14H14ClF3N4O. The Kier molecular flexibility index (Phi) is 5.62. The van der Waals surface area contributed by atoms with E-state index in [2.05, 4.69) is 20.6 Å². The first-order chi connectivity index (χ1) is 10.9. The molecule has 0 aliphatic rings. The largest absolute Gasteiger partial charge is 0.433 e. The molecule has 3 N–H and O–H groups in total. The van der Waals surface area contributed by atoms with Crippen LogP contribution in [0.3, 0.4) is 0 Å². The van der Waals surface area contributed by atoms with Crippen molar-refractivity contribution >= 4 is 23.4 Å². The summed E-state index contributed by atoms with van der Waals surface area (Å²) in [5, 5.41) is 14.6. The van der Waals surface area contributed by atoms with Gasteiger partial charge in [-0.05, 0) is 17.7 Å². The van der Waals surface area contributed by atoms with Crippen LogP contribution in [0, 0.1) is 0 Å². The SMILES string of the molecule is OCCNc1nc(NCc2cccc(Cl)c2)cc(C(F)(F)F)n1. The van der Waals surface area contributed by atoms with Gasteiger partial charge in [-0.2, -0.15) is 18.2 Å². The molecule has 0 radical (unpaired) electrons. The molecule has 1 heterocycles. The molecule has 2 rings (SSSR count). The van der Waals surface area contributed by atoms with Crippen molar-refractivity contribution in [2.75, 3.05) is 23.8 Å². The number of aliphatic hydroxyl groups is 1. The molecule has 1 aromatic carbocycles. The van der Waals surface area contributed by atoms with Gasteiger partial charge in [0.25, 0.3) is 0 Å². The lowest BCUT2D eigenvalue weighted by Gasteiger charge is -2.12. The van der Waals surface area contributed by atoms with Crippen molar-refractivity contribution in [3.63, 3.8) is 0 Å². The second-order valence-corrected chi connectivity index (χ2v) is 5.03. The molecule has 9 heteroatoms. The summed E-state index contributed by atoms with van der Waals surface area (Å²) < 4.78 is 38.6. The first-order valence-corrected chi connectivity index (χ1v) is 7.05. The Bertz CT molecular complexity index is 667. The molecule has 0 aliphatic carbocycles. The molecule has 2 aromatic rings. The molecule has 0 fully saturated rings. The average molecular weight is 347 g/mol. The van der Waals surface area contributed by atoms with Gasteiger partial charge in [-0.25, -0.2) is 4.98 Å². The fourth-order valence-corrected chi connectivity index (χ4v) is 1.98. The number of aliphatic hydroxyl groups excluding tert-OH is 1. The highest BCUT2D eigenvalue weighted by atomic mass is 35.5. The van der Waals surface area contributed by atoms with Crippen LogP contribution in [0.25, 0.3) is 0 Å². The van der Waals surface area contributed by atoms with E-state index in [0.29, 0.717) is 5.02 Å². The highest BCUT2D eigenvalue weighted by molar-refractivity contribution is 6.30. The molecule has 124 valence electrons. The smallest absolute Gasteiger partial charge is 0.395 e. The van der Waals surface area contributed by atoms with Gasteiger partial charge in [-0.15, -0.1) is 0 Å². The molecule has 0 unspecified atom stereocenters. The predicted octanol–water partition coefficient (Wildman–Crippen LogP) is 3.17. The van der Waals surface area contributed by atoms with E-state index < -0.39 is 11.9 Å². The average Bonchev–Trinajstić information content (AvgIpc) is 2.50. The summed E-state index contributed by atoms with van der Waals surface area (Å²) in [6, 6.07) is 7.76. The Morgan fingerprint density at radius 1 is 1.13 bits per heavy atom. The Balaban J connectivity index is 2.19. The number of halogens is 4. The first kappa shape index (κ1) is 17.3. The number of hydrogen-bond donors (Lipinski definition) is 3. The number of nitrogens with zero attached hydrogens (tertiary/aromatic N) is 2. The van der Waals surface area contributed by atoms with Crippen LogP contribution in [0.1, 0.15) is 11.3 Å². The van der Waals surface area contributed by atoms with Crippen molar-refractivity contribution in [1.82, 2.24) is 9.97 Å². The second-order valence-electron chi connectivity index (χ2n) is 4.59. The minimum atomic E-state index is -4.59. The number of rotatable bonds is 6. The van der Waals surface area contributed by atoms with E-state index in [1.54, 1.807) is 24.3 Å². The minimum Gasteiger partial charge on any atom is -0.395 e. The normalized spacial score (nSPS) is 11.3. The van der Waals surface area contributed by atoms with Crippen LogP contribution in [0.5, 0.6) is 0 Å². The van der Waals surface area contributed by atoms with Crippen molar-refractivity contribution in [2.24, 2.45) is 0 Å². The van der Waals surface area contributed by atoms with Crippen molar-refractivity contribution < 1.29 is 18.3 Å². The van der Waals surface area contributed by atoms with Gasteiger partial charge in [-0.3, -0.25) is 0 Å². The third kappa shape index (κ3) is 5.26. The van der Waals surface area contributed by atoms with Gasteiger partial charge < -0.3 is 15.7 Å². The maximum atomic E-state index is 12.9. The summed E-state index contributed by atoms with van der Waals surface area (Å²) in [6.45, 7) is 0.0637. The zero-order valence-electron chi connectivity index (χ0n) is 11.9. The topological polar surface area (TPSA) is 70.1 Å². The van der Waals surface area contributed by atoms with Gasteiger partial charge in [0, 0.05) is 24.2 Å². The minimum absolute atomic E-state index is 0.0211. The monoisotopic (exact) mass is 346 g/mol. The lowest BCUT2D eigenvalue weighted by molar-refractivity contribution is -0.141. The van der Waals surface area contributed by atoms with Crippen molar-refractivity contribution in [1.29, 1.82) is 0 Å². The molecule has 0 saturated heterocycles. The van der Waals surface area contributed by atoms with E-state index >= 15 is 0 Å². The Morgan fingerprint density at radius 3 is 2.57 bits per heavy atom.